The Labute approximate surface area is 109 Å². The highest BCUT2D eigenvalue weighted by atomic mass is 79.9. The van der Waals surface area contributed by atoms with Gasteiger partial charge in [-0.25, -0.2) is 4.68 Å². The summed E-state index contributed by atoms with van der Waals surface area (Å²) in [7, 11) is 0. The van der Waals surface area contributed by atoms with Crippen molar-refractivity contribution in [1.29, 1.82) is 0 Å². The van der Waals surface area contributed by atoms with Crippen LogP contribution in [0.5, 0.6) is 0 Å². The Morgan fingerprint density at radius 1 is 1.71 bits per heavy atom. The van der Waals surface area contributed by atoms with Crippen molar-refractivity contribution in [2.45, 2.75) is 32.4 Å². The fourth-order valence-corrected chi connectivity index (χ4v) is 2.18. The SMILES string of the molecule is CCn1ncc(NCC(N)C2CC2)c(Br)c1=O. The molecule has 1 heterocycles. The van der Waals surface area contributed by atoms with E-state index in [-0.39, 0.29) is 11.6 Å². The van der Waals surface area contributed by atoms with E-state index in [0.29, 0.717) is 23.5 Å². The zero-order chi connectivity index (χ0) is 12.4. The minimum absolute atomic E-state index is 0.113. The van der Waals surface area contributed by atoms with Gasteiger partial charge in [-0.05, 0) is 41.6 Å². The van der Waals surface area contributed by atoms with Crippen molar-refractivity contribution in [2.24, 2.45) is 11.7 Å². The maximum absolute atomic E-state index is 11.8. The number of hydrogen-bond acceptors (Lipinski definition) is 4. The van der Waals surface area contributed by atoms with Crippen LogP contribution in [0.4, 0.5) is 5.69 Å². The Bertz CT molecular complexity index is 455. The molecular formula is C11H17BrN4O. The molecule has 0 radical (unpaired) electrons. The first-order valence-electron chi connectivity index (χ1n) is 5.88. The summed E-state index contributed by atoms with van der Waals surface area (Å²) in [6, 6.07) is 0.163. The van der Waals surface area contributed by atoms with E-state index in [1.54, 1.807) is 6.20 Å². The van der Waals surface area contributed by atoms with E-state index < -0.39 is 0 Å². The first kappa shape index (κ1) is 12.6. The molecule has 1 saturated carbocycles. The highest BCUT2D eigenvalue weighted by molar-refractivity contribution is 9.10. The van der Waals surface area contributed by atoms with Crippen LogP contribution in [-0.4, -0.2) is 22.4 Å². The van der Waals surface area contributed by atoms with Gasteiger partial charge >= 0.3 is 0 Å². The lowest BCUT2D eigenvalue weighted by Gasteiger charge is -2.13. The highest BCUT2D eigenvalue weighted by Crippen LogP contribution is 2.31. The average Bonchev–Trinajstić information content (AvgIpc) is 3.15. The van der Waals surface area contributed by atoms with Crippen molar-refractivity contribution >= 4 is 21.6 Å². The van der Waals surface area contributed by atoms with Gasteiger partial charge in [0.2, 0.25) is 0 Å². The number of aryl methyl sites for hydroxylation is 1. The zero-order valence-electron chi connectivity index (χ0n) is 9.82. The van der Waals surface area contributed by atoms with Gasteiger partial charge in [-0.3, -0.25) is 4.79 Å². The van der Waals surface area contributed by atoms with Crippen LogP contribution < -0.4 is 16.6 Å². The van der Waals surface area contributed by atoms with Gasteiger partial charge in [0.15, 0.2) is 0 Å². The fraction of sp³-hybridized carbons (Fsp3) is 0.636. The molecule has 1 aliphatic carbocycles. The lowest BCUT2D eigenvalue weighted by Crippen LogP contribution is -2.32. The third kappa shape index (κ3) is 2.87. The third-order valence-corrected chi connectivity index (χ3v) is 3.81. The summed E-state index contributed by atoms with van der Waals surface area (Å²) in [5, 5.41) is 7.25. The molecule has 1 atom stereocenters. The van der Waals surface area contributed by atoms with E-state index in [4.69, 9.17) is 5.73 Å². The number of nitrogens with one attached hydrogen (secondary N) is 1. The third-order valence-electron chi connectivity index (χ3n) is 3.04. The Balaban J connectivity index is 2.05. The van der Waals surface area contributed by atoms with Crippen LogP contribution in [0.25, 0.3) is 0 Å². The van der Waals surface area contributed by atoms with E-state index in [1.807, 2.05) is 6.92 Å². The molecule has 1 fully saturated rings. The van der Waals surface area contributed by atoms with Crippen LogP contribution in [0.2, 0.25) is 0 Å². The Hall–Kier alpha value is -0.880. The van der Waals surface area contributed by atoms with E-state index >= 15 is 0 Å². The summed E-state index contributed by atoms with van der Waals surface area (Å²) in [5.41, 5.74) is 6.59. The van der Waals surface area contributed by atoms with Crippen molar-refractivity contribution < 1.29 is 0 Å². The van der Waals surface area contributed by atoms with Gasteiger partial charge in [0.1, 0.15) is 4.47 Å². The van der Waals surface area contributed by atoms with Crippen LogP contribution in [0.3, 0.4) is 0 Å². The first-order chi connectivity index (χ1) is 8.13. The molecule has 0 aliphatic heterocycles. The van der Waals surface area contributed by atoms with Gasteiger partial charge in [0.05, 0.1) is 11.9 Å². The lowest BCUT2D eigenvalue weighted by molar-refractivity contribution is 0.606. The van der Waals surface area contributed by atoms with Gasteiger partial charge in [0.25, 0.3) is 5.56 Å². The van der Waals surface area contributed by atoms with Crippen molar-refractivity contribution in [3.05, 3.63) is 21.0 Å². The molecule has 0 saturated heterocycles. The van der Waals surface area contributed by atoms with E-state index in [1.165, 1.54) is 17.5 Å². The molecular weight excluding hydrogens is 284 g/mol. The van der Waals surface area contributed by atoms with Crippen LogP contribution in [0.15, 0.2) is 15.5 Å². The predicted molar refractivity (Wildman–Crippen MR) is 71.1 cm³/mol. The normalized spacial score (nSPS) is 16.9. The predicted octanol–water partition coefficient (Wildman–Crippen LogP) is 1.17. The van der Waals surface area contributed by atoms with Crippen molar-refractivity contribution in [3.8, 4) is 0 Å². The first-order valence-corrected chi connectivity index (χ1v) is 6.67. The Morgan fingerprint density at radius 2 is 2.41 bits per heavy atom. The average molecular weight is 301 g/mol. The van der Waals surface area contributed by atoms with Crippen molar-refractivity contribution in [1.82, 2.24) is 9.78 Å². The quantitative estimate of drug-likeness (QED) is 0.856. The minimum Gasteiger partial charge on any atom is -0.381 e. The fourth-order valence-electron chi connectivity index (χ4n) is 1.73. The summed E-state index contributed by atoms with van der Waals surface area (Å²) in [6.07, 6.45) is 4.11. The van der Waals surface area contributed by atoms with Gasteiger partial charge in [-0.1, -0.05) is 0 Å². The van der Waals surface area contributed by atoms with E-state index in [9.17, 15) is 4.79 Å². The highest BCUT2D eigenvalue weighted by Gasteiger charge is 2.28. The molecule has 5 nitrogen and oxygen atoms in total. The second kappa shape index (κ2) is 5.18. The molecule has 0 aromatic carbocycles. The molecule has 17 heavy (non-hydrogen) atoms. The molecule has 2 rings (SSSR count). The molecule has 1 aromatic heterocycles. The van der Waals surface area contributed by atoms with Crippen LogP contribution in [0.1, 0.15) is 19.8 Å². The van der Waals surface area contributed by atoms with Crippen LogP contribution in [0, 0.1) is 5.92 Å². The smallest absolute Gasteiger partial charge is 0.283 e. The number of rotatable bonds is 5. The Kier molecular flexibility index (Phi) is 3.83. The maximum Gasteiger partial charge on any atom is 0.283 e. The lowest BCUT2D eigenvalue weighted by atomic mass is 10.2. The minimum atomic E-state index is -0.113. The molecule has 1 unspecified atom stereocenters. The van der Waals surface area contributed by atoms with Gasteiger partial charge in [0, 0.05) is 19.1 Å². The molecule has 1 aromatic rings. The van der Waals surface area contributed by atoms with Gasteiger partial charge in [-0.2, -0.15) is 5.10 Å². The number of nitrogens with zero attached hydrogens (tertiary/aromatic N) is 2. The van der Waals surface area contributed by atoms with Crippen molar-refractivity contribution in [2.75, 3.05) is 11.9 Å². The monoisotopic (exact) mass is 300 g/mol. The van der Waals surface area contributed by atoms with E-state index in [0.717, 1.165) is 5.69 Å². The second-order valence-corrected chi connectivity index (χ2v) is 5.17. The molecule has 1 aliphatic rings. The van der Waals surface area contributed by atoms with Gasteiger partial charge in [-0.15, -0.1) is 0 Å². The standard InChI is InChI=1S/C11H17BrN4O/c1-2-16-11(17)10(12)9(6-15-16)14-5-8(13)7-3-4-7/h6-8,14H,2-5,13H2,1H3. The summed E-state index contributed by atoms with van der Waals surface area (Å²) >= 11 is 3.30. The van der Waals surface area contributed by atoms with Gasteiger partial charge < -0.3 is 11.1 Å². The summed E-state index contributed by atoms with van der Waals surface area (Å²) < 4.78 is 1.94. The topological polar surface area (TPSA) is 72.9 Å². The van der Waals surface area contributed by atoms with Crippen LogP contribution in [-0.2, 0) is 6.54 Å². The number of halogens is 1. The van der Waals surface area contributed by atoms with Crippen LogP contribution >= 0.6 is 15.9 Å². The summed E-state index contributed by atoms with van der Waals surface area (Å²) in [5.74, 6) is 0.644. The number of hydrogen-bond donors (Lipinski definition) is 2. The number of aromatic nitrogens is 2. The zero-order valence-corrected chi connectivity index (χ0v) is 11.4. The molecule has 6 heteroatoms. The number of nitrogens with two attached hydrogens (primary N) is 1. The van der Waals surface area contributed by atoms with E-state index in [2.05, 4.69) is 26.3 Å². The second-order valence-electron chi connectivity index (χ2n) is 4.38. The molecule has 0 spiro atoms. The maximum atomic E-state index is 11.8. The molecule has 3 N–H and O–H groups in total. The largest absolute Gasteiger partial charge is 0.381 e. The molecule has 94 valence electrons. The van der Waals surface area contributed by atoms with Crippen molar-refractivity contribution in [3.63, 3.8) is 0 Å². The summed E-state index contributed by atoms with van der Waals surface area (Å²) in [6.45, 7) is 3.14. The molecule has 0 amide bonds. The molecule has 0 bridgehead atoms. The summed E-state index contributed by atoms with van der Waals surface area (Å²) in [4.78, 5) is 11.8. The number of anilines is 1. The Morgan fingerprint density at radius 3 is 3.00 bits per heavy atom.